The Kier molecular flexibility index (Phi) is 4.08. The Balaban J connectivity index is 2.11. The number of carbonyl (C=O) groups excluding carboxylic acids is 1. The minimum absolute atomic E-state index is 0.119. The predicted octanol–water partition coefficient (Wildman–Crippen LogP) is 4.86. The van der Waals surface area contributed by atoms with Gasteiger partial charge in [-0.1, -0.05) is 56.3 Å². The van der Waals surface area contributed by atoms with Crippen LogP contribution in [0.1, 0.15) is 37.3 Å². The third-order valence-electron chi connectivity index (χ3n) is 4.60. The summed E-state index contributed by atoms with van der Waals surface area (Å²) in [6.07, 6.45) is 2.40. The molecule has 0 fully saturated rings. The van der Waals surface area contributed by atoms with Crippen molar-refractivity contribution in [2.75, 3.05) is 7.11 Å². The normalized spacial score (nSPS) is 20.0. The largest absolute Gasteiger partial charge is 0.497 e. The second-order valence-electron chi connectivity index (χ2n) is 6.80. The van der Waals surface area contributed by atoms with Gasteiger partial charge in [0.05, 0.1) is 7.11 Å². The number of rotatable bonds is 3. The number of ether oxygens (including phenoxy) is 1. The van der Waals surface area contributed by atoms with E-state index in [9.17, 15) is 4.79 Å². The van der Waals surface area contributed by atoms with E-state index >= 15 is 0 Å². The zero-order chi connectivity index (χ0) is 16.4. The monoisotopic (exact) mass is 306 g/mol. The van der Waals surface area contributed by atoms with Crippen molar-refractivity contribution < 1.29 is 9.53 Å². The summed E-state index contributed by atoms with van der Waals surface area (Å²) in [6.45, 7) is 4.35. The van der Waals surface area contributed by atoms with Crippen molar-refractivity contribution in [1.29, 1.82) is 0 Å². The van der Waals surface area contributed by atoms with E-state index in [0.717, 1.165) is 16.9 Å². The molecule has 2 heteroatoms. The van der Waals surface area contributed by atoms with Gasteiger partial charge in [-0.3, -0.25) is 4.79 Å². The quantitative estimate of drug-likeness (QED) is 0.809. The summed E-state index contributed by atoms with van der Waals surface area (Å²) in [5, 5.41) is 0. The van der Waals surface area contributed by atoms with E-state index in [4.69, 9.17) is 4.74 Å². The van der Waals surface area contributed by atoms with E-state index in [1.165, 1.54) is 5.56 Å². The lowest BCUT2D eigenvalue weighted by Gasteiger charge is -2.39. The van der Waals surface area contributed by atoms with Gasteiger partial charge < -0.3 is 4.74 Å². The third kappa shape index (κ3) is 3.07. The van der Waals surface area contributed by atoms with Gasteiger partial charge in [-0.15, -0.1) is 0 Å². The van der Waals surface area contributed by atoms with Crippen LogP contribution in [0.2, 0.25) is 0 Å². The highest BCUT2D eigenvalue weighted by Crippen LogP contribution is 2.50. The van der Waals surface area contributed by atoms with Crippen LogP contribution in [0.15, 0.2) is 60.7 Å². The molecule has 0 amide bonds. The highest BCUT2D eigenvalue weighted by atomic mass is 16.5. The number of ketones is 1. The second-order valence-corrected chi connectivity index (χ2v) is 6.80. The van der Waals surface area contributed by atoms with Gasteiger partial charge >= 0.3 is 0 Å². The topological polar surface area (TPSA) is 26.3 Å². The van der Waals surface area contributed by atoms with Gasteiger partial charge in [0.2, 0.25) is 0 Å². The minimum Gasteiger partial charge on any atom is -0.497 e. The summed E-state index contributed by atoms with van der Waals surface area (Å²) < 4.78 is 5.27. The van der Waals surface area contributed by atoms with Crippen LogP contribution in [0.25, 0.3) is 5.57 Å². The standard InChI is InChI=1S/C21H22O2/c1-21(2)14-17(22)13-19(15-7-5-4-6-8-15)20(21)16-9-11-18(23-3)12-10-16/h4-13,20H,14H2,1-3H3. The van der Waals surface area contributed by atoms with Crippen LogP contribution in [0.4, 0.5) is 0 Å². The molecular weight excluding hydrogens is 284 g/mol. The Labute approximate surface area is 137 Å². The maximum atomic E-state index is 12.2. The molecule has 2 aromatic carbocycles. The van der Waals surface area contributed by atoms with E-state index in [-0.39, 0.29) is 17.1 Å². The van der Waals surface area contributed by atoms with E-state index in [0.29, 0.717) is 6.42 Å². The van der Waals surface area contributed by atoms with Gasteiger partial charge in [-0.2, -0.15) is 0 Å². The van der Waals surface area contributed by atoms with Gasteiger partial charge in [0.15, 0.2) is 5.78 Å². The van der Waals surface area contributed by atoms with Crippen LogP contribution in [0.3, 0.4) is 0 Å². The van der Waals surface area contributed by atoms with Gasteiger partial charge in [0.1, 0.15) is 5.75 Å². The first-order valence-corrected chi connectivity index (χ1v) is 7.95. The molecule has 0 saturated carbocycles. The molecule has 0 bridgehead atoms. The molecule has 0 radical (unpaired) electrons. The molecule has 0 N–H and O–H groups in total. The molecule has 0 aromatic heterocycles. The molecule has 1 unspecified atom stereocenters. The fourth-order valence-corrected chi connectivity index (χ4v) is 3.59. The summed E-state index contributed by atoms with van der Waals surface area (Å²) in [4.78, 5) is 12.2. The summed E-state index contributed by atoms with van der Waals surface area (Å²) in [7, 11) is 1.67. The van der Waals surface area contributed by atoms with Crippen molar-refractivity contribution in [3.05, 3.63) is 71.8 Å². The molecular formula is C21H22O2. The van der Waals surface area contributed by atoms with Crippen molar-refractivity contribution in [1.82, 2.24) is 0 Å². The molecule has 0 heterocycles. The summed E-state index contributed by atoms with van der Waals surface area (Å²) in [5.41, 5.74) is 3.33. The lowest BCUT2D eigenvalue weighted by Crippen LogP contribution is -2.30. The van der Waals surface area contributed by atoms with Crippen LogP contribution >= 0.6 is 0 Å². The number of carbonyl (C=O) groups is 1. The summed E-state index contributed by atoms with van der Waals surface area (Å²) in [5.74, 6) is 1.25. The molecule has 0 spiro atoms. The van der Waals surface area contributed by atoms with E-state index < -0.39 is 0 Å². The van der Waals surface area contributed by atoms with Gasteiger partial charge in [0, 0.05) is 12.3 Å². The Morgan fingerprint density at radius 2 is 1.65 bits per heavy atom. The Hall–Kier alpha value is -2.35. The number of hydrogen-bond acceptors (Lipinski definition) is 2. The van der Waals surface area contributed by atoms with Crippen molar-refractivity contribution >= 4 is 11.4 Å². The predicted molar refractivity (Wildman–Crippen MR) is 93.6 cm³/mol. The lowest BCUT2D eigenvalue weighted by molar-refractivity contribution is -0.117. The number of methoxy groups -OCH3 is 1. The smallest absolute Gasteiger partial charge is 0.156 e. The Morgan fingerprint density at radius 3 is 2.26 bits per heavy atom. The first-order valence-electron chi connectivity index (χ1n) is 7.95. The average Bonchev–Trinajstić information content (AvgIpc) is 2.54. The van der Waals surface area contributed by atoms with Crippen LogP contribution in [-0.2, 0) is 4.79 Å². The van der Waals surface area contributed by atoms with Crippen LogP contribution in [0.5, 0.6) is 5.75 Å². The Morgan fingerprint density at radius 1 is 1.00 bits per heavy atom. The highest BCUT2D eigenvalue weighted by molar-refractivity contribution is 6.00. The lowest BCUT2D eigenvalue weighted by atomic mass is 9.64. The molecule has 1 aliphatic carbocycles. The summed E-state index contributed by atoms with van der Waals surface area (Å²) in [6, 6.07) is 18.4. The molecule has 2 aromatic rings. The third-order valence-corrected chi connectivity index (χ3v) is 4.60. The van der Waals surface area contributed by atoms with Crippen molar-refractivity contribution in [3.63, 3.8) is 0 Å². The maximum Gasteiger partial charge on any atom is 0.156 e. The number of benzene rings is 2. The zero-order valence-corrected chi connectivity index (χ0v) is 13.9. The molecule has 3 rings (SSSR count). The minimum atomic E-state index is -0.119. The van der Waals surface area contributed by atoms with Crippen LogP contribution in [-0.4, -0.2) is 12.9 Å². The average molecular weight is 306 g/mol. The fourth-order valence-electron chi connectivity index (χ4n) is 3.59. The molecule has 0 aliphatic heterocycles. The molecule has 0 saturated heterocycles. The second kappa shape index (κ2) is 6.04. The van der Waals surface area contributed by atoms with Crippen LogP contribution < -0.4 is 4.74 Å². The van der Waals surface area contributed by atoms with Crippen LogP contribution in [0, 0.1) is 5.41 Å². The maximum absolute atomic E-state index is 12.2. The van der Waals surface area contributed by atoms with E-state index in [1.807, 2.05) is 36.4 Å². The highest BCUT2D eigenvalue weighted by Gasteiger charge is 2.39. The van der Waals surface area contributed by atoms with E-state index in [1.54, 1.807) is 7.11 Å². The number of allylic oxidation sites excluding steroid dienone is 2. The molecule has 1 atom stereocenters. The molecule has 118 valence electrons. The molecule has 2 nitrogen and oxygen atoms in total. The Bertz CT molecular complexity index is 724. The fraction of sp³-hybridized carbons (Fsp3) is 0.286. The van der Waals surface area contributed by atoms with Gasteiger partial charge in [-0.25, -0.2) is 0 Å². The van der Waals surface area contributed by atoms with Crippen molar-refractivity contribution in [3.8, 4) is 5.75 Å². The summed E-state index contributed by atoms with van der Waals surface area (Å²) >= 11 is 0. The first kappa shape index (κ1) is 15.5. The zero-order valence-electron chi connectivity index (χ0n) is 13.9. The first-order chi connectivity index (χ1) is 11.0. The van der Waals surface area contributed by atoms with Crippen molar-refractivity contribution in [2.45, 2.75) is 26.2 Å². The molecule has 23 heavy (non-hydrogen) atoms. The number of hydrogen-bond donors (Lipinski definition) is 0. The van der Waals surface area contributed by atoms with Gasteiger partial charge in [-0.05, 0) is 40.3 Å². The molecule has 1 aliphatic rings. The van der Waals surface area contributed by atoms with Gasteiger partial charge in [0.25, 0.3) is 0 Å². The van der Waals surface area contributed by atoms with Crippen molar-refractivity contribution in [2.24, 2.45) is 5.41 Å². The van der Waals surface area contributed by atoms with E-state index in [2.05, 4.69) is 38.1 Å². The SMILES string of the molecule is COc1ccc(C2C(c3ccccc3)=CC(=O)CC2(C)C)cc1.